The summed E-state index contributed by atoms with van der Waals surface area (Å²) in [4.78, 5) is 23.7. The lowest BCUT2D eigenvalue weighted by Gasteiger charge is -2.40. The van der Waals surface area contributed by atoms with Gasteiger partial charge in [-0.1, -0.05) is 12.1 Å². The molecule has 1 amide bonds. The average molecular weight is 534 g/mol. The lowest BCUT2D eigenvalue weighted by Crippen LogP contribution is -2.52. The van der Waals surface area contributed by atoms with Crippen LogP contribution in [0.3, 0.4) is 0 Å². The zero-order chi connectivity index (χ0) is 25.3. The first-order valence-corrected chi connectivity index (χ1v) is 14.3. The largest absolute Gasteiger partial charge is 0.311 e. The number of hydrogen-bond acceptors (Lipinski definition) is 7. The fourth-order valence-corrected chi connectivity index (χ4v) is 6.69. The number of hydrogen-bond donors (Lipinski definition) is 1. The standard InChI is InChI=1S/C25H28FN5O3S2.2H2/c1-18(19-2-4-20(26)5-3-19)29-13-15-30(16-14-29)23-10-12-31(24(23)32)21-6-8-22(9-7-21)36(33,34)28-25-27-11-17-35-25;;/h2-9,11,17-18,23H,10,12-16H2,1H3,(H,27,28);2*1H/t18-,23-;;/m0../s1. The number of piperazine rings is 1. The third-order valence-electron chi connectivity index (χ3n) is 6.98. The molecule has 0 spiro atoms. The van der Waals surface area contributed by atoms with E-state index in [4.69, 9.17) is 0 Å². The Morgan fingerprint density at radius 3 is 2.39 bits per heavy atom. The molecule has 0 bridgehead atoms. The van der Waals surface area contributed by atoms with Gasteiger partial charge in [0, 0.05) is 58.9 Å². The van der Waals surface area contributed by atoms with Crippen LogP contribution in [0.2, 0.25) is 0 Å². The van der Waals surface area contributed by atoms with Gasteiger partial charge in [-0.05, 0) is 55.3 Å². The van der Waals surface area contributed by atoms with E-state index in [1.165, 1.54) is 41.8 Å². The zero-order valence-electron chi connectivity index (χ0n) is 19.9. The number of carbonyl (C=O) groups excluding carboxylic acids is 1. The van der Waals surface area contributed by atoms with Crippen molar-refractivity contribution in [1.82, 2.24) is 14.8 Å². The summed E-state index contributed by atoms with van der Waals surface area (Å²) in [5.41, 5.74) is 1.78. The second kappa shape index (κ2) is 10.3. The van der Waals surface area contributed by atoms with Crippen molar-refractivity contribution in [2.45, 2.75) is 30.3 Å². The van der Waals surface area contributed by atoms with Gasteiger partial charge in [0.15, 0.2) is 5.13 Å². The number of amides is 1. The number of rotatable bonds is 7. The van der Waals surface area contributed by atoms with Crippen molar-refractivity contribution in [3.8, 4) is 0 Å². The molecular formula is C25H32FN5O3S2. The van der Waals surface area contributed by atoms with Crippen molar-refractivity contribution in [1.29, 1.82) is 0 Å². The molecule has 3 aromatic rings. The van der Waals surface area contributed by atoms with Gasteiger partial charge in [0.05, 0.1) is 10.9 Å². The maximum atomic E-state index is 13.3. The molecule has 3 heterocycles. The predicted octanol–water partition coefficient (Wildman–Crippen LogP) is 4.06. The third kappa shape index (κ3) is 5.15. The molecule has 11 heteroatoms. The van der Waals surface area contributed by atoms with Crippen LogP contribution in [0.25, 0.3) is 0 Å². The van der Waals surface area contributed by atoms with Crippen LogP contribution in [0.4, 0.5) is 15.2 Å². The Kier molecular flexibility index (Phi) is 7.07. The molecule has 2 aliphatic rings. The van der Waals surface area contributed by atoms with Crippen LogP contribution in [0.15, 0.2) is 65.0 Å². The number of sulfonamides is 1. The van der Waals surface area contributed by atoms with Crippen LogP contribution < -0.4 is 9.62 Å². The summed E-state index contributed by atoms with van der Waals surface area (Å²) in [5.74, 6) is -0.185. The number of nitrogens with one attached hydrogen (secondary N) is 1. The molecule has 0 saturated carbocycles. The van der Waals surface area contributed by atoms with E-state index in [1.807, 2.05) is 12.1 Å². The molecule has 2 aromatic carbocycles. The second-order valence-corrected chi connectivity index (χ2v) is 11.6. The van der Waals surface area contributed by atoms with Crippen LogP contribution in [-0.4, -0.2) is 67.9 Å². The van der Waals surface area contributed by atoms with Crippen LogP contribution in [0.1, 0.15) is 27.8 Å². The normalized spacial score (nSPS) is 20.6. The zero-order valence-corrected chi connectivity index (χ0v) is 21.5. The Balaban J connectivity index is 0.00000200. The van der Waals surface area contributed by atoms with Crippen molar-refractivity contribution in [2.75, 3.05) is 42.3 Å². The average Bonchev–Trinajstić information content (AvgIpc) is 3.53. The first-order valence-electron chi connectivity index (χ1n) is 11.9. The molecular weight excluding hydrogens is 501 g/mol. The van der Waals surface area contributed by atoms with Crippen molar-refractivity contribution in [3.05, 3.63) is 71.5 Å². The monoisotopic (exact) mass is 533 g/mol. The molecule has 1 N–H and O–H groups in total. The van der Waals surface area contributed by atoms with Crippen molar-refractivity contribution in [3.63, 3.8) is 0 Å². The maximum absolute atomic E-state index is 13.3. The van der Waals surface area contributed by atoms with E-state index >= 15 is 0 Å². The molecule has 0 unspecified atom stereocenters. The number of anilines is 2. The van der Waals surface area contributed by atoms with Gasteiger partial charge in [-0.25, -0.2) is 17.8 Å². The van der Waals surface area contributed by atoms with Crippen molar-refractivity contribution >= 4 is 38.1 Å². The SMILES string of the molecule is C[C@@H](c1ccc(F)cc1)N1CCN([C@H]2CCN(c3ccc(S(=O)(=O)Nc4nccs4)cc3)C2=O)CC1.[HH].[HH]. The summed E-state index contributed by atoms with van der Waals surface area (Å²) in [6, 6.07) is 13.0. The van der Waals surface area contributed by atoms with E-state index in [-0.39, 0.29) is 31.6 Å². The number of benzene rings is 2. The third-order valence-corrected chi connectivity index (χ3v) is 9.15. The van der Waals surface area contributed by atoms with Crippen molar-refractivity contribution < 1.29 is 20.5 Å². The van der Waals surface area contributed by atoms with E-state index in [0.717, 1.165) is 38.2 Å². The number of nitrogens with zero attached hydrogens (tertiary/aromatic N) is 4. The Morgan fingerprint density at radius 2 is 1.75 bits per heavy atom. The molecule has 0 aliphatic carbocycles. The Hall–Kier alpha value is -2.86. The quantitative estimate of drug-likeness (QED) is 0.493. The first-order chi connectivity index (χ1) is 17.3. The Bertz CT molecular complexity index is 1300. The second-order valence-electron chi connectivity index (χ2n) is 9.03. The molecule has 2 fully saturated rings. The summed E-state index contributed by atoms with van der Waals surface area (Å²) in [7, 11) is -3.74. The highest BCUT2D eigenvalue weighted by atomic mass is 32.2. The van der Waals surface area contributed by atoms with Gasteiger partial charge < -0.3 is 4.90 Å². The van der Waals surface area contributed by atoms with E-state index in [2.05, 4.69) is 26.4 Å². The Morgan fingerprint density at radius 1 is 1.06 bits per heavy atom. The summed E-state index contributed by atoms with van der Waals surface area (Å²) < 4.78 is 40.9. The molecule has 2 aliphatic heterocycles. The highest BCUT2D eigenvalue weighted by Crippen LogP contribution is 2.28. The van der Waals surface area contributed by atoms with Gasteiger partial charge in [-0.3, -0.25) is 19.3 Å². The summed E-state index contributed by atoms with van der Waals surface area (Å²) in [5, 5.41) is 2.01. The van der Waals surface area contributed by atoms with E-state index in [9.17, 15) is 17.6 Å². The first kappa shape index (κ1) is 24.8. The highest BCUT2D eigenvalue weighted by Gasteiger charge is 2.38. The lowest BCUT2D eigenvalue weighted by molar-refractivity contribution is -0.122. The van der Waals surface area contributed by atoms with E-state index in [1.54, 1.807) is 22.4 Å². The van der Waals surface area contributed by atoms with Crippen LogP contribution in [-0.2, 0) is 14.8 Å². The minimum absolute atomic E-state index is 0. The highest BCUT2D eigenvalue weighted by molar-refractivity contribution is 7.93. The summed E-state index contributed by atoms with van der Waals surface area (Å²) >= 11 is 1.21. The molecule has 194 valence electrons. The maximum Gasteiger partial charge on any atom is 0.263 e. The molecule has 2 saturated heterocycles. The smallest absolute Gasteiger partial charge is 0.263 e. The Labute approximate surface area is 217 Å². The molecule has 8 nitrogen and oxygen atoms in total. The predicted molar refractivity (Wildman–Crippen MR) is 142 cm³/mol. The van der Waals surface area contributed by atoms with Gasteiger partial charge in [-0.15, -0.1) is 11.3 Å². The molecule has 5 rings (SSSR count). The van der Waals surface area contributed by atoms with Gasteiger partial charge in [0.1, 0.15) is 5.82 Å². The van der Waals surface area contributed by atoms with Gasteiger partial charge in [-0.2, -0.15) is 0 Å². The molecule has 2 atom stereocenters. The minimum atomic E-state index is -3.74. The topological polar surface area (TPSA) is 85.8 Å². The number of carbonyl (C=O) groups is 1. The van der Waals surface area contributed by atoms with Gasteiger partial charge in [0.2, 0.25) is 5.91 Å². The number of halogens is 1. The van der Waals surface area contributed by atoms with Crippen LogP contribution in [0.5, 0.6) is 0 Å². The summed E-state index contributed by atoms with van der Waals surface area (Å²) in [6.07, 6.45) is 2.27. The molecule has 36 heavy (non-hydrogen) atoms. The van der Waals surface area contributed by atoms with E-state index in [0.29, 0.717) is 17.4 Å². The van der Waals surface area contributed by atoms with Crippen molar-refractivity contribution in [2.24, 2.45) is 0 Å². The molecule has 0 radical (unpaired) electrons. The van der Waals surface area contributed by atoms with Crippen LogP contribution >= 0.6 is 11.3 Å². The fraction of sp³-hybridized carbons (Fsp3) is 0.360. The van der Waals surface area contributed by atoms with Gasteiger partial charge >= 0.3 is 0 Å². The number of aromatic nitrogens is 1. The summed E-state index contributed by atoms with van der Waals surface area (Å²) in [6.45, 7) is 5.97. The lowest BCUT2D eigenvalue weighted by atomic mass is 10.1. The van der Waals surface area contributed by atoms with E-state index < -0.39 is 10.0 Å². The fourth-order valence-electron chi connectivity index (χ4n) is 4.90. The van der Waals surface area contributed by atoms with Crippen LogP contribution in [0, 0.1) is 5.82 Å². The minimum Gasteiger partial charge on any atom is -0.311 e. The number of thiazole rings is 1. The molecule has 1 aromatic heterocycles. The van der Waals surface area contributed by atoms with Gasteiger partial charge in [0.25, 0.3) is 10.0 Å².